The highest BCUT2D eigenvalue weighted by molar-refractivity contribution is 5.96. The van der Waals surface area contributed by atoms with E-state index in [9.17, 15) is 4.79 Å². The number of carbonyl (C=O) groups excluding carboxylic acids is 1. The van der Waals surface area contributed by atoms with E-state index in [0.29, 0.717) is 13.2 Å². The van der Waals surface area contributed by atoms with Gasteiger partial charge in [-0.3, -0.25) is 9.48 Å². The van der Waals surface area contributed by atoms with Crippen molar-refractivity contribution in [3.8, 4) is 0 Å². The Kier molecular flexibility index (Phi) is 3.88. The van der Waals surface area contributed by atoms with Crippen molar-refractivity contribution < 1.29 is 9.53 Å². The lowest BCUT2D eigenvalue weighted by Gasteiger charge is -2.25. The third-order valence-electron chi connectivity index (χ3n) is 4.09. The number of amides is 1. The van der Waals surface area contributed by atoms with Crippen molar-refractivity contribution in [1.82, 2.24) is 9.78 Å². The lowest BCUT2D eigenvalue weighted by molar-refractivity contribution is -0.125. The van der Waals surface area contributed by atoms with Crippen molar-refractivity contribution in [3.05, 3.63) is 11.4 Å². The van der Waals surface area contributed by atoms with Gasteiger partial charge in [-0.05, 0) is 34.6 Å². The number of rotatable bonds is 3. The molecule has 0 aromatic carbocycles. The summed E-state index contributed by atoms with van der Waals surface area (Å²) in [4.78, 5) is 12.5. The summed E-state index contributed by atoms with van der Waals surface area (Å²) in [7, 11) is 0. The molecule has 1 aromatic rings. The van der Waals surface area contributed by atoms with Gasteiger partial charge < -0.3 is 15.8 Å². The van der Waals surface area contributed by atoms with Gasteiger partial charge in [-0.1, -0.05) is 0 Å². The molecule has 1 aromatic heterocycles. The highest BCUT2D eigenvalue weighted by Crippen LogP contribution is 2.30. The van der Waals surface area contributed by atoms with Crippen LogP contribution in [0.5, 0.6) is 0 Å². The van der Waals surface area contributed by atoms with Crippen LogP contribution in [-0.4, -0.2) is 34.9 Å². The summed E-state index contributed by atoms with van der Waals surface area (Å²) in [5.74, 6) is -0.1000. The van der Waals surface area contributed by atoms with Crippen LogP contribution in [-0.2, 0) is 9.53 Å². The Bertz CT molecular complexity index is 523. The second-order valence-corrected chi connectivity index (χ2v) is 6.08. The largest absolute Gasteiger partial charge is 0.379 e. The Morgan fingerprint density at radius 2 is 2.20 bits per heavy atom. The molecular weight excluding hydrogens is 256 g/mol. The summed E-state index contributed by atoms with van der Waals surface area (Å²) in [6.07, 6.45) is 0. The van der Waals surface area contributed by atoms with Crippen LogP contribution in [0.3, 0.4) is 0 Å². The van der Waals surface area contributed by atoms with Gasteiger partial charge in [0.2, 0.25) is 5.91 Å². The molecule has 0 aliphatic carbocycles. The van der Waals surface area contributed by atoms with Crippen molar-refractivity contribution in [2.24, 2.45) is 11.1 Å². The van der Waals surface area contributed by atoms with Crippen LogP contribution in [0.4, 0.5) is 5.69 Å². The first-order chi connectivity index (χ1) is 9.27. The van der Waals surface area contributed by atoms with E-state index < -0.39 is 5.41 Å². The maximum absolute atomic E-state index is 12.5. The molecule has 0 saturated carbocycles. The SMILES string of the molecule is Cc1nn(C(C)C)c(C)c1NC(=O)C1(C)COCC1N. The first-order valence-electron chi connectivity index (χ1n) is 6.98. The second-order valence-electron chi connectivity index (χ2n) is 6.08. The lowest BCUT2D eigenvalue weighted by atomic mass is 9.85. The standard InChI is InChI=1S/C14H24N4O2/c1-8(2)18-10(4)12(9(3)17-18)16-13(19)14(5)7-20-6-11(14)15/h8,11H,6-7,15H2,1-5H3,(H,16,19). The predicted molar refractivity (Wildman–Crippen MR) is 77.6 cm³/mol. The molecule has 3 N–H and O–H groups in total. The molecule has 6 heteroatoms. The molecule has 1 aliphatic heterocycles. The fourth-order valence-corrected chi connectivity index (χ4v) is 2.53. The van der Waals surface area contributed by atoms with Crippen molar-refractivity contribution in [2.45, 2.75) is 46.7 Å². The van der Waals surface area contributed by atoms with Crippen LogP contribution >= 0.6 is 0 Å². The highest BCUT2D eigenvalue weighted by atomic mass is 16.5. The van der Waals surface area contributed by atoms with Crippen LogP contribution in [0.25, 0.3) is 0 Å². The minimum atomic E-state index is -0.682. The Balaban J connectivity index is 2.24. The number of aromatic nitrogens is 2. The molecule has 2 rings (SSSR count). The minimum absolute atomic E-state index is 0.1000. The Hall–Kier alpha value is -1.40. The van der Waals surface area contributed by atoms with Crippen molar-refractivity contribution in [2.75, 3.05) is 18.5 Å². The summed E-state index contributed by atoms with van der Waals surface area (Å²) in [5.41, 5.74) is 7.87. The summed E-state index contributed by atoms with van der Waals surface area (Å²) in [6, 6.07) is -0.0183. The fraction of sp³-hybridized carbons (Fsp3) is 0.714. The van der Waals surface area contributed by atoms with Gasteiger partial charge in [0.1, 0.15) is 0 Å². The number of hydrogen-bond acceptors (Lipinski definition) is 4. The maximum Gasteiger partial charge on any atom is 0.234 e. The van der Waals surface area contributed by atoms with E-state index in [0.717, 1.165) is 17.1 Å². The van der Waals surface area contributed by atoms with Gasteiger partial charge in [-0.25, -0.2) is 0 Å². The first-order valence-corrected chi connectivity index (χ1v) is 6.98. The van der Waals surface area contributed by atoms with Gasteiger partial charge in [0, 0.05) is 12.1 Å². The number of nitrogens with two attached hydrogens (primary N) is 1. The molecular formula is C14H24N4O2. The van der Waals surface area contributed by atoms with E-state index in [1.54, 1.807) is 0 Å². The van der Waals surface area contributed by atoms with Gasteiger partial charge in [0.25, 0.3) is 0 Å². The number of carbonyl (C=O) groups is 1. The molecule has 2 unspecified atom stereocenters. The highest BCUT2D eigenvalue weighted by Gasteiger charge is 2.44. The average molecular weight is 280 g/mol. The molecule has 0 radical (unpaired) electrons. The van der Waals surface area contributed by atoms with Crippen molar-refractivity contribution in [3.63, 3.8) is 0 Å². The quantitative estimate of drug-likeness (QED) is 0.876. The predicted octanol–water partition coefficient (Wildman–Crippen LogP) is 1.38. The third-order valence-corrected chi connectivity index (χ3v) is 4.09. The van der Waals surface area contributed by atoms with Gasteiger partial charge >= 0.3 is 0 Å². The minimum Gasteiger partial charge on any atom is -0.379 e. The number of hydrogen-bond donors (Lipinski definition) is 2. The Morgan fingerprint density at radius 3 is 2.65 bits per heavy atom. The molecule has 1 amide bonds. The van der Waals surface area contributed by atoms with Crippen molar-refractivity contribution in [1.29, 1.82) is 0 Å². The zero-order valence-electron chi connectivity index (χ0n) is 12.9. The van der Waals surface area contributed by atoms with E-state index in [2.05, 4.69) is 24.3 Å². The summed E-state index contributed by atoms with van der Waals surface area (Å²) < 4.78 is 7.24. The summed E-state index contributed by atoms with van der Waals surface area (Å²) >= 11 is 0. The van der Waals surface area contributed by atoms with E-state index in [1.165, 1.54) is 0 Å². The number of aryl methyl sites for hydroxylation is 1. The molecule has 112 valence electrons. The molecule has 1 fully saturated rings. The maximum atomic E-state index is 12.5. The number of nitrogens with one attached hydrogen (secondary N) is 1. The number of nitrogens with zero attached hydrogens (tertiary/aromatic N) is 2. The van der Waals surface area contributed by atoms with Crippen LogP contribution in [0.15, 0.2) is 0 Å². The van der Waals surface area contributed by atoms with Gasteiger partial charge in [-0.2, -0.15) is 5.10 Å². The monoisotopic (exact) mass is 280 g/mol. The van der Waals surface area contributed by atoms with E-state index in [4.69, 9.17) is 10.5 Å². The topological polar surface area (TPSA) is 82.2 Å². The third kappa shape index (κ3) is 2.33. The van der Waals surface area contributed by atoms with Crippen LogP contribution in [0, 0.1) is 19.3 Å². The summed E-state index contributed by atoms with van der Waals surface area (Å²) in [5, 5.41) is 7.45. The molecule has 2 heterocycles. The summed E-state index contributed by atoms with van der Waals surface area (Å²) in [6.45, 7) is 10.6. The molecule has 2 atom stereocenters. The van der Waals surface area contributed by atoms with E-state index in [-0.39, 0.29) is 18.0 Å². The average Bonchev–Trinajstić information content (AvgIpc) is 2.85. The molecule has 6 nitrogen and oxygen atoms in total. The second kappa shape index (κ2) is 5.18. The number of ether oxygens (including phenoxy) is 1. The molecule has 0 spiro atoms. The zero-order valence-corrected chi connectivity index (χ0v) is 12.9. The zero-order chi connectivity index (χ0) is 15.1. The Morgan fingerprint density at radius 1 is 1.55 bits per heavy atom. The molecule has 1 saturated heterocycles. The van der Waals surface area contributed by atoms with E-state index >= 15 is 0 Å². The smallest absolute Gasteiger partial charge is 0.234 e. The lowest BCUT2D eigenvalue weighted by Crippen LogP contribution is -2.47. The van der Waals surface area contributed by atoms with E-state index in [1.807, 2.05) is 25.5 Å². The van der Waals surface area contributed by atoms with Gasteiger partial charge in [-0.15, -0.1) is 0 Å². The van der Waals surface area contributed by atoms with Crippen molar-refractivity contribution >= 4 is 11.6 Å². The van der Waals surface area contributed by atoms with Crippen LogP contribution in [0.1, 0.15) is 38.2 Å². The van der Waals surface area contributed by atoms with Gasteiger partial charge in [0.05, 0.1) is 35.7 Å². The van der Waals surface area contributed by atoms with Crippen LogP contribution < -0.4 is 11.1 Å². The molecule has 0 bridgehead atoms. The van der Waals surface area contributed by atoms with Crippen LogP contribution in [0.2, 0.25) is 0 Å². The molecule has 20 heavy (non-hydrogen) atoms. The number of anilines is 1. The normalized spacial score (nSPS) is 26.2. The van der Waals surface area contributed by atoms with Gasteiger partial charge in [0.15, 0.2) is 0 Å². The first kappa shape index (κ1) is 15.0. The fourth-order valence-electron chi connectivity index (χ4n) is 2.53. The Labute approximate surface area is 119 Å². The molecule has 1 aliphatic rings.